The van der Waals surface area contributed by atoms with E-state index in [1.165, 1.54) is 6.42 Å². The molecule has 1 saturated heterocycles. The Labute approximate surface area is 87.3 Å². The predicted molar refractivity (Wildman–Crippen MR) is 59.1 cm³/mol. The number of hydrogen-bond donors (Lipinski definition) is 2. The molecule has 0 radical (unpaired) electrons. The molecule has 1 heterocycles. The van der Waals surface area contributed by atoms with Crippen LogP contribution < -0.4 is 5.73 Å². The lowest BCUT2D eigenvalue weighted by molar-refractivity contribution is -0.0141. The second-order valence-electron chi connectivity index (χ2n) is 4.95. The summed E-state index contributed by atoms with van der Waals surface area (Å²) >= 11 is 0. The van der Waals surface area contributed by atoms with Crippen molar-refractivity contribution in [1.29, 1.82) is 0 Å². The minimum atomic E-state index is -0.575. The van der Waals surface area contributed by atoms with Crippen molar-refractivity contribution in [3.8, 4) is 0 Å². The summed E-state index contributed by atoms with van der Waals surface area (Å²) < 4.78 is 0. The van der Waals surface area contributed by atoms with Gasteiger partial charge in [-0.05, 0) is 31.7 Å². The van der Waals surface area contributed by atoms with Crippen molar-refractivity contribution in [2.75, 3.05) is 26.2 Å². The predicted octanol–water partition coefficient (Wildman–Crippen LogP) is 0.818. The molecule has 0 aromatic rings. The van der Waals surface area contributed by atoms with E-state index in [-0.39, 0.29) is 0 Å². The molecular weight excluding hydrogens is 176 g/mol. The van der Waals surface area contributed by atoms with Crippen LogP contribution in [0.2, 0.25) is 0 Å². The zero-order chi connectivity index (χ0) is 10.6. The fraction of sp³-hybridized carbons (Fsp3) is 1.00. The van der Waals surface area contributed by atoms with Crippen LogP contribution in [0.15, 0.2) is 0 Å². The van der Waals surface area contributed by atoms with Crippen LogP contribution in [-0.2, 0) is 0 Å². The molecular formula is C11H24N2O. The zero-order valence-corrected chi connectivity index (χ0v) is 9.50. The highest BCUT2D eigenvalue weighted by Crippen LogP contribution is 2.21. The molecule has 1 rings (SSSR count). The lowest BCUT2D eigenvalue weighted by Crippen LogP contribution is -2.48. The maximum atomic E-state index is 9.92. The maximum absolute atomic E-state index is 9.92. The van der Waals surface area contributed by atoms with Crippen LogP contribution in [0.3, 0.4) is 0 Å². The molecule has 0 atom stereocenters. The van der Waals surface area contributed by atoms with Crippen molar-refractivity contribution in [3.63, 3.8) is 0 Å². The maximum Gasteiger partial charge on any atom is 0.0793 e. The van der Waals surface area contributed by atoms with Crippen molar-refractivity contribution in [1.82, 2.24) is 4.90 Å². The summed E-state index contributed by atoms with van der Waals surface area (Å²) in [7, 11) is 0. The molecule has 0 aromatic carbocycles. The number of likely N-dealkylation sites (tertiary alicyclic amines) is 1. The molecule has 0 bridgehead atoms. The van der Waals surface area contributed by atoms with E-state index >= 15 is 0 Å². The van der Waals surface area contributed by atoms with Crippen molar-refractivity contribution < 1.29 is 5.11 Å². The molecule has 0 spiro atoms. The lowest BCUT2D eigenvalue weighted by Gasteiger charge is -2.37. The number of hydrogen-bond acceptors (Lipinski definition) is 3. The fourth-order valence-electron chi connectivity index (χ4n) is 1.84. The van der Waals surface area contributed by atoms with Crippen LogP contribution in [0.25, 0.3) is 0 Å². The van der Waals surface area contributed by atoms with Gasteiger partial charge in [-0.15, -0.1) is 0 Å². The molecule has 3 N–H and O–H groups in total. The van der Waals surface area contributed by atoms with Crippen LogP contribution in [0.5, 0.6) is 0 Å². The summed E-state index contributed by atoms with van der Waals surface area (Å²) in [6.07, 6.45) is 2.92. The van der Waals surface area contributed by atoms with Crippen molar-refractivity contribution in [3.05, 3.63) is 0 Å². The summed E-state index contributed by atoms with van der Waals surface area (Å²) in [4.78, 5) is 2.43. The van der Waals surface area contributed by atoms with Gasteiger partial charge in [0.05, 0.1) is 5.60 Å². The van der Waals surface area contributed by atoms with Gasteiger partial charge in [-0.2, -0.15) is 0 Å². The van der Waals surface area contributed by atoms with E-state index in [0.29, 0.717) is 6.54 Å². The highest BCUT2D eigenvalue weighted by Gasteiger charge is 2.30. The smallest absolute Gasteiger partial charge is 0.0793 e. The second kappa shape index (κ2) is 5.10. The second-order valence-corrected chi connectivity index (χ2v) is 4.95. The molecule has 0 unspecified atom stereocenters. The van der Waals surface area contributed by atoms with Gasteiger partial charge in [0.2, 0.25) is 0 Å². The minimum absolute atomic E-state index is 0.408. The molecule has 0 aromatic heterocycles. The highest BCUT2D eigenvalue weighted by atomic mass is 16.3. The van der Waals surface area contributed by atoms with E-state index in [9.17, 15) is 5.11 Å². The number of rotatable bonds is 4. The van der Waals surface area contributed by atoms with Gasteiger partial charge in [0.15, 0.2) is 0 Å². The SMILES string of the molecule is CC(C)CCN1CCC(O)(CN)CC1. The summed E-state index contributed by atoms with van der Waals surface area (Å²) in [5.41, 5.74) is 4.96. The van der Waals surface area contributed by atoms with E-state index in [0.717, 1.165) is 38.4 Å². The summed E-state index contributed by atoms with van der Waals surface area (Å²) in [6, 6.07) is 0. The number of nitrogens with two attached hydrogens (primary N) is 1. The van der Waals surface area contributed by atoms with E-state index in [1.807, 2.05) is 0 Å². The van der Waals surface area contributed by atoms with E-state index in [2.05, 4.69) is 18.7 Å². The quantitative estimate of drug-likeness (QED) is 0.706. The molecule has 3 heteroatoms. The third kappa shape index (κ3) is 3.56. The molecule has 1 fully saturated rings. The van der Waals surface area contributed by atoms with Crippen LogP contribution in [-0.4, -0.2) is 41.8 Å². The average molecular weight is 200 g/mol. The van der Waals surface area contributed by atoms with Crippen molar-refractivity contribution in [2.45, 2.75) is 38.7 Å². The average Bonchev–Trinajstić information content (AvgIpc) is 2.17. The Bertz CT molecular complexity index is 163. The molecule has 3 nitrogen and oxygen atoms in total. The summed E-state index contributed by atoms with van der Waals surface area (Å²) in [6.45, 7) is 8.07. The lowest BCUT2D eigenvalue weighted by atomic mass is 9.91. The van der Waals surface area contributed by atoms with Gasteiger partial charge in [0.1, 0.15) is 0 Å². The normalized spacial score (nSPS) is 22.9. The van der Waals surface area contributed by atoms with Gasteiger partial charge < -0.3 is 15.7 Å². The van der Waals surface area contributed by atoms with Crippen LogP contribution in [0.4, 0.5) is 0 Å². The number of piperidine rings is 1. The van der Waals surface area contributed by atoms with Crippen LogP contribution in [0, 0.1) is 5.92 Å². The molecule has 0 amide bonds. The third-order valence-corrected chi connectivity index (χ3v) is 3.19. The van der Waals surface area contributed by atoms with Gasteiger partial charge in [0.25, 0.3) is 0 Å². The minimum Gasteiger partial charge on any atom is -0.388 e. The Hall–Kier alpha value is -0.120. The Balaban J connectivity index is 2.22. The fourth-order valence-corrected chi connectivity index (χ4v) is 1.84. The molecule has 1 aliphatic rings. The van der Waals surface area contributed by atoms with Crippen molar-refractivity contribution in [2.24, 2.45) is 11.7 Å². The topological polar surface area (TPSA) is 49.5 Å². The van der Waals surface area contributed by atoms with Gasteiger partial charge in [0, 0.05) is 19.6 Å². The molecule has 0 saturated carbocycles. The molecule has 14 heavy (non-hydrogen) atoms. The molecule has 0 aliphatic carbocycles. The van der Waals surface area contributed by atoms with Crippen molar-refractivity contribution >= 4 is 0 Å². The van der Waals surface area contributed by atoms with Gasteiger partial charge in [-0.1, -0.05) is 13.8 Å². The summed E-state index contributed by atoms with van der Waals surface area (Å²) in [5.74, 6) is 0.769. The molecule has 1 aliphatic heterocycles. The number of nitrogens with zero attached hydrogens (tertiary/aromatic N) is 1. The first-order valence-corrected chi connectivity index (χ1v) is 5.70. The summed E-state index contributed by atoms with van der Waals surface area (Å²) in [5, 5.41) is 9.92. The monoisotopic (exact) mass is 200 g/mol. The third-order valence-electron chi connectivity index (χ3n) is 3.19. The Morgan fingerprint density at radius 2 is 1.93 bits per heavy atom. The highest BCUT2D eigenvalue weighted by molar-refractivity contribution is 4.86. The van der Waals surface area contributed by atoms with Crippen LogP contribution in [0.1, 0.15) is 33.1 Å². The Kier molecular flexibility index (Phi) is 4.35. The largest absolute Gasteiger partial charge is 0.388 e. The van der Waals surface area contributed by atoms with E-state index in [4.69, 9.17) is 5.73 Å². The first kappa shape index (κ1) is 12.0. The van der Waals surface area contributed by atoms with Gasteiger partial charge in [-0.3, -0.25) is 0 Å². The molecule has 84 valence electrons. The Morgan fingerprint density at radius 3 is 2.36 bits per heavy atom. The van der Waals surface area contributed by atoms with Gasteiger partial charge >= 0.3 is 0 Å². The standard InChI is InChI=1S/C11H24N2O/c1-10(2)3-6-13-7-4-11(14,9-12)5-8-13/h10,14H,3-9,12H2,1-2H3. The first-order valence-electron chi connectivity index (χ1n) is 5.70. The zero-order valence-electron chi connectivity index (χ0n) is 9.50. The van der Waals surface area contributed by atoms with Crippen LogP contribution >= 0.6 is 0 Å². The Morgan fingerprint density at radius 1 is 1.36 bits per heavy atom. The van der Waals surface area contributed by atoms with E-state index < -0.39 is 5.60 Å². The van der Waals surface area contributed by atoms with Gasteiger partial charge in [-0.25, -0.2) is 0 Å². The number of aliphatic hydroxyl groups is 1. The van der Waals surface area contributed by atoms with E-state index in [1.54, 1.807) is 0 Å². The first-order chi connectivity index (χ1) is 6.56.